The summed E-state index contributed by atoms with van der Waals surface area (Å²) in [6.07, 6.45) is 5.25. The minimum absolute atomic E-state index is 0.861. The van der Waals surface area contributed by atoms with E-state index in [0.717, 1.165) is 53.6 Å². The van der Waals surface area contributed by atoms with Gasteiger partial charge in [0, 0.05) is 38.6 Å². The molecule has 8 heteroatoms. The van der Waals surface area contributed by atoms with Gasteiger partial charge in [-0.3, -0.25) is 0 Å². The van der Waals surface area contributed by atoms with Gasteiger partial charge in [0.2, 0.25) is 5.95 Å². The Morgan fingerprint density at radius 3 is 2.62 bits per heavy atom. The van der Waals surface area contributed by atoms with Crippen LogP contribution in [0.3, 0.4) is 0 Å². The summed E-state index contributed by atoms with van der Waals surface area (Å²) in [7, 11) is 0. The quantitative estimate of drug-likeness (QED) is 0.738. The average molecular weight is 348 g/mol. The third-order valence-electron chi connectivity index (χ3n) is 3.73. The Hall–Kier alpha value is -2.09. The number of nitrogens with zero attached hydrogens (tertiary/aromatic N) is 5. The number of aromatic nitrogens is 5. The number of piperazine rings is 1. The lowest BCUT2D eigenvalue weighted by Gasteiger charge is -2.35. The first-order valence-corrected chi connectivity index (χ1v) is 7.59. The molecule has 0 aliphatic carbocycles. The fourth-order valence-electron chi connectivity index (χ4n) is 2.71. The highest BCUT2D eigenvalue weighted by molar-refractivity contribution is 9.10. The molecule has 1 aliphatic heterocycles. The maximum absolute atomic E-state index is 4.46. The number of hydrogen-bond acceptors (Lipinski definition) is 5. The fourth-order valence-corrected chi connectivity index (χ4v) is 3.12. The number of halogens is 1. The van der Waals surface area contributed by atoms with Crippen LogP contribution in [0.5, 0.6) is 0 Å². The van der Waals surface area contributed by atoms with E-state index in [0.29, 0.717) is 0 Å². The Morgan fingerprint density at radius 1 is 1.05 bits per heavy atom. The van der Waals surface area contributed by atoms with E-state index in [-0.39, 0.29) is 0 Å². The van der Waals surface area contributed by atoms with Gasteiger partial charge in [-0.15, -0.1) is 0 Å². The highest BCUT2D eigenvalue weighted by Crippen LogP contribution is 2.26. The summed E-state index contributed by atoms with van der Waals surface area (Å²) in [5.74, 6) is 1.92. The molecular weight excluding hydrogens is 334 g/mol. The molecule has 0 aromatic carbocycles. The molecule has 3 aromatic rings. The van der Waals surface area contributed by atoms with Crippen molar-refractivity contribution in [3.63, 3.8) is 0 Å². The molecule has 108 valence electrons. The van der Waals surface area contributed by atoms with Crippen LogP contribution in [-0.2, 0) is 0 Å². The van der Waals surface area contributed by atoms with Crippen LogP contribution in [0.2, 0.25) is 0 Å². The Bertz CT molecular complexity index is 743. The number of rotatable bonds is 2. The molecule has 4 rings (SSSR count). The van der Waals surface area contributed by atoms with Crippen molar-refractivity contribution in [1.29, 1.82) is 0 Å². The van der Waals surface area contributed by atoms with E-state index in [9.17, 15) is 0 Å². The van der Waals surface area contributed by atoms with Gasteiger partial charge in [0.1, 0.15) is 17.8 Å². The van der Waals surface area contributed by atoms with Crippen LogP contribution in [0.4, 0.5) is 11.8 Å². The number of nitrogens with one attached hydrogen (secondary N) is 2. The van der Waals surface area contributed by atoms with E-state index in [4.69, 9.17) is 0 Å². The minimum Gasteiger partial charge on any atom is -0.352 e. The second-order valence-electron chi connectivity index (χ2n) is 4.96. The lowest BCUT2D eigenvalue weighted by atomic mass is 10.3. The van der Waals surface area contributed by atoms with Crippen molar-refractivity contribution in [3.8, 4) is 0 Å². The van der Waals surface area contributed by atoms with E-state index in [1.54, 1.807) is 12.5 Å². The molecule has 0 amide bonds. The number of H-pyrrole nitrogens is 2. The molecule has 1 saturated heterocycles. The highest BCUT2D eigenvalue weighted by Gasteiger charge is 2.21. The van der Waals surface area contributed by atoms with Crippen LogP contribution in [-0.4, -0.2) is 51.1 Å². The zero-order valence-corrected chi connectivity index (χ0v) is 12.8. The molecule has 0 saturated carbocycles. The standard InChI is InChI=1S/C13H14BrN7/c14-10-7-9-11(19-10)17-8-18-12(9)20-3-5-21(6-4-20)13-15-1-2-16-13/h1-2,7-8H,3-6H2,(H,15,16)(H,17,18,19). The SMILES string of the molecule is Brc1cc2c(N3CCN(c4ncc[nH]4)CC3)ncnc2[nH]1. The molecule has 7 nitrogen and oxygen atoms in total. The van der Waals surface area contributed by atoms with Gasteiger partial charge < -0.3 is 19.8 Å². The van der Waals surface area contributed by atoms with E-state index >= 15 is 0 Å². The van der Waals surface area contributed by atoms with Crippen LogP contribution in [0.15, 0.2) is 29.4 Å². The molecule has 0 spiro atoms. The van der Waals surface area contributed by atoms with Crippen molar-refractivity contribution >= 4 is 38.7 Å². The summed E-state index contributed by atoms with van der Waals surface area (Å²) in [6.45, 7) is 3.67. The normalized spacial score (nSPS) is 15.9. The van der Waals surface area contributed by atoms with Gasteiger partial charge in [-0.2, -0.15) is 0 Å². The third kappa shape index (κ3) is 2.25. The van der Waals surface area contributed by atoms with Gasteiger partial charge in [-0.05, 0) is 22.0 Å². The van der Waals surface area contributed by atoms with Crippen LogP contribution in [0.1, 0.15) is 0 Å². The van der Waals surface area contributed by atoms with Crippen molar-refractivity contribution in [3.05, 3.63) is 29.4 Å². The molecule has 1 fully saturated rings. The van der Waals surface area contributed by atoms with Crippen LogP contribution in [0, 0.1) is 0 Å². The maximum atomic E-state index is 4.46. The Morgan fingerprint density at radius 2 is 1.86 bits per heavy atom. The van der Waals surface area contributed by atoms with Crippen molar-refractivity contribution in [2.75, 3.05) is 36.0 Å². The minimum atomic E-state index is 0.861. The van der Waals surface area contributed by atoms with Crippen molar-refractivity contribution < 1.29 is 0 Å². The number of anilines is 2. The van der Waals surface area contributed by atoms with Crippen LogP contribution in [0.25, 0.3) is 11.0 Å². The lowest BCUT2D eigenvalue weighted by molar-refractivity contribution is 0.638. The zero-order chi connectivity index (χ0) is 14.2. The first kappa shape index (κ1) is 12.6. The first-order valence-electron chi connectivity index (χ1n) is 6.80. The molecule has 2 N–H and O–H groups in total. The molecule has 4 heterocycles. The van der Waals surface area contributed by atoms with E-state index < -0.39 is 0 Å². The first-order chi connectivity index (χ1) is 10.3. The Kier molecular flexibility index (Phi) is 3.03. The molecule has 0 unspecified atom stereocenters. The second-order valence-corrected chi connectivity index (χ2v) is 5.82. The topological polar surface area (TPSA) is 76.7 Å². The van der Waals surface area contributed by atoms with E-state index in [2.05, 4.69) is 50.6 Å². The van der Waals surface area contributed by atoms with Gasteiger partial charge >= 0.3 is 0 Å². The van der Waals surface area contributed by atoms with Gasteiger partial charge in [0.15, 0.2) is 0 Å². The summed E-state index contributed by atoms with van der Waals surface area (Å²) in [6, 6.07) is 2.03. The Balaban J connectivity index is 1.57. The predicted molar refractivity (Wildman–Crippen MR) is 84.6 cm³/mol. The number of imidazole rings is 1. The summed E-state index contributed by atoms with van der Waals surface area (Å²) in [5.41, 5.74) is 0.861. The molecule has 0 bridgehead atoms. The largest absolute Gasteiger partial charge is 0.352 e. The van der Waals surface area contributed by atoms with Crippen molar-refractivity contribution in [1.82, 2.24) is 24.9 Å². The molecule has 1 aliphatic rings. The van der Waals surface area contributed by atoms with E-state index in [1.165, 1.54) is 0 Å². The van der Waals surface area contributed by atoms with Gasteiger partial charge in [0.05, 0.1) is 9.99 Å². The molecule has 0 atom stereocenters. The van der Waals surface area contributed by atoms with Crippen LogP contribution < -0.4 is 9.80 Å². The van der Waals surface area contributed by atoms with Crippen molar-refractivity contribution in [2.45, 2.75) is 0 Å². The van der Waals surface area contributed by atoms with E-state index in [1.807, 2.05) is 12.3 Å². The highest BCUT2D eigenvalue weighted by atomic mass is 79.9. The summed E-state index contributed by atoms with van der Waals surface area (Å²) < 4.78 is 0.925. The number of fused-ring (bicyclic) bond motifs is 1. The number of aromatic amines is 2. The fraction of sp³-hybridized carbons (Fsp3) is 0.308. The third-order valence-corrected chi connectivity index (χ3v) is 4.16. The smallest absolute Gasteiger partial charge is 0.202 e. The predicted octanol–water partition coefficient (Wildman–Crippen LogP) is 1.77. The molecule has 3 aromatic heterocycles. The molecule has 0 radical (unpaired) electrons. The van der Waals surface area contributed by atoms with Gasteiger partial charge in [-0.1, -0.05) is 0 Å². The summed E-state index contributed by atoms with van der Waals surface area (Å²) in [5, 5.41) is 1.05. The number of hydrogen-bond donors (Lipinski definition) is 2. The monoisotopic (exact) mass is 347 g/mol. The average Bonchev–Trinajstić information content (AvgIpc) is 3.15. The van der Waals surface area contributed by atoms with Gasteiger partial charge in [-0.25, -0.2) is 15.0 Å². The second kappa shape index (κ2) is 5.03. The Labute approximate surface area is 129 Å². The zero-order valence-electron chi connectivity index (χ0n) is 11.3. The maximum Gasteiger partial charge on any atom is 0.202 e. The molecular formula is C13H14BrN7. The molecule has 21 heavy (non-hydrogen) atoms. The summed E-state index contributed by atoms with van der Waals surface area (Å²) >= 11 is 3.46. The van der Waals surface area contributed by atoms with Crippen molar-refractivity contribution in [2.24, 2.45) is 0 Å². The van der Waals surface area contributed by atoms with Crippen LogP contribution >= 0.6 is 15.9 Å². The lowest BCUT2D eigenvalue weighted by Crippen LogP contribution is -2.47. The van der Waals surface area contributed by atoms with Gasteiger partial charge in [0.25, 0.3) is 0 Å². The summed E-state index contributed by atoms with van der Waals surface area (Å²) in [4.78, 5) is 23.9.